The van der Waals surface area contributed by atoms with Crippen LogP contribution in [-0.4, -0.2) is 68.8 Å². The molecule has 41 heavy (non-hydrogen) atoms. The minimum absolute atomic E-state index is 0.327. The first-order valence-corrected chi connectivity index (χ1v) is 14.4. The van der Waals surface area contributed by atoms with E-state index in [1.807, 2.05) is 43.3 Å². The van der Waals surface area contributed by atoms with Crippen LogP contribution in [0.15, 0.2) is 48.5 Å². The molecular formula is C30H39ClN8O2. The summed E-state index contributed by atoms with van der Waals surface area (Å²) in [6.07, 6.45) is 4.76. The van der Waals surface area contributed by atoms with Crippen molar-refractivity contribution >= 4 is 17.6 Å². The highest BCUT2D eigenvalue weighted by Crippen LogP contribution is 2.39. The fraction of sp³-hybridized carbons (Fsp3) is 0.433. The van der Waals surface area contributed by atoms with Gasteiger partial charge < -0.3 is 15.0 Å². The summed E-state index contributed by atoms with van der Waals surface area (Å²) in [6.45, 7) is 3.19. The van der Waals surface area contributed by atoms with Crippen LogP contribution in [0.4, 0.5) is 0 Å². The number of aromatic amines is 1. The van der Waals surface area contributed by atoms with Crippen LogP contribution in [0.3, 0.4) is 0 Å². The van der Waals surface area contributed by atoms with Crippen molar-refractivity contribution in [2.24, 2.45) is 5.73 Å². The standard InChI is InChI=1S/C30H39ClN8O2/c1-5-6-13-25-33-27(31)26(30(38(2)3,29(40)41-4)18-9-10-19-32)39(25)20-21-14-16-22(17-15-21)23-11-7-8-12-24(23)28-34-36-37-35-28/h7-8,11-12,14-17H,5-6,9-10,13,18-20,32H2,1-4H3,(H,34,35,36,37)/t30-/m0/s1. The Morgan fingerprint density at radius 1 is 1.10 bits per heavy atom. The molecule has 0 aliphatic carbocycles. The number of unbranched alkanes of at least 4 members (excludes halogenated alkanes) is 2. The van der Waals surface area contributed by atoms with E-state index in [0.717, 1.165) is 60.2 Å². The number of nitrogens with one attached hydrogen (secondary N) is 1. The van der Waals surface area contributed by atoms with Gasteiger partial charge in [0.15, 0.2) is 10.7 Å². The molecule has 2 heterocycles. The minimum Gasteiger partial charge on any atom is -0.467 e. The molecule has 0 fully saturated rings. The molecule has 0 unspecified atom stereocenters. The second kappa shape index (κ2) is 13.8. The van der Waals surface area contributed by atoms with E-state index in [1.54, 1.807) is 0 Å². The average Bonchev–Trinajstić information content (AvgIpc) is 3.63. The first kappa shape index (κ1) is 30.4. The number of aryl methyl sites for hydroxylation is 1. The van der Waals surface area contributed by atoms with Gasteiger partial charge in [0, 0.05) is 18.5 Å². The van der Waals surface area contributed by atoms with Gasteiger partial charge in [-0.2, -0.15) is 5.21 Å². The van der Waals surface area contributed by atoms with Crippen LogP contribution >= 0.6 is 11.6 Å². The predicted molar refractivity (Wildman–Crippen MR) is 160 cm³/mol. The maximum atomic E-state index is 13.6. The third-order valence-corrected chi connectivity index (χ3v) is 7.81. The van der Waals surface area contributed by atoms with Crippen molar-refractivity contribution in [1.82, 2.24) is 35.1 Å². The molecule has 0 amide bonds. The quantitative estimate of drug-likeness (QED) is 0.161. The summed E-state index contributed by atoms with van der Waals surface area (Å²) in [6, 6.07) is 16.3. The zero-order valence-electron chi connectivity index (χ0n) is 24.2. The number of esters is 1. The van der Waals surface area contributed by atoms with Crippen molar-refractivity contribution < 1.29 is 9.53 Å². The van der Waals surface area contributed by atoms with Crippen LogP contribution in [0.5, 0.6) is 0 Å². The number of likely N-dealkylation sites (N-methyl/N-ethyl adjacent to an activating group) is 1. The number of tetrazole rings is 1. The van der Waals surface area contributed by atoms with Crippen molar-refractivity contribution in [1.29, 1.82) is 0 Å². The van der Waals surface area contributed by atoms with E-state index in [2.05, 4.69) is 56.4 Å². The molecule has 11 heteroatoms. The second-order valence-corrected chi connectivity index (χ2v) is 10.7. The fourth-order valence-corrected chi connectivity index (χ4v) is 5.72. The number of benzene rings is 2. The molecule has 0 spiro atoms. The molecule has 1 atom stereocenters. The van der Waals surface area contributed by atoms with Crippen LogP contribution in [0.25, 0.3) is 22.5 Å². The number of H-pyrrole nitrogens is 1. The number of aromatic nitrogens is 6. The summed E-state index contributed by atoms with van der Waals surface area (Å²) in [4.78, 5) is 20.3. The van der Waals surface area contributed by atoms with E-state index in [9.17, 15) is 4.79 Å². The largest absolute Gasteiger partial charge is 0.467 e. The summed E-state index contributed by atoms with van der Waals surface area (Å²) in [5, 5.41) is 14.9. The normalized spacial score (nSPS) is 13.0. The average molecular weight is 579 g/mol. The Kier molecular flexibility index (Phi) is 10.3. The number of rotatable bonds is 14. The number of hydrogen-bond donors (Lipinski definition) is 2. The topological polar surface area (TPSA) is 128 Å². The predicted octanol–water partition coefficient (Wildman–Crippen LogP) is 4.83. The van der Waals surface area contributed by atoms with Gasteiger partial charge in [0.05, 0.1) is 12.8 Å². The third kappa shape index (κ3) is 6.34. The van der Waals surface area contributed by atoms with Crippen LogP contribution in [-0.2, 0) is 28.0 Å². The van der Waals surface area contributed by atoms with Gasteiger partial charge in [-0.1, -0.05) is 73.5 Å². The molecule has 10 nitrogen and oxygen atoms in total. The number of imidazole rings is 1. The fourth-order valence-electron chi connectivity index (χ4n) is 5.36. The first-order valence-electron chi connectivity index (χ1n) is 14.0. The molecule has 0 aliphatic heterocycles. The molecule has 2 aromatic heterocycles. The molecule has 0 saturated carbocycles. The van der Waals surface area contributed by atoms with Crippen molar-refractivity contribution in [3.63, 3.8) is 0 Å². The van der Waals surface area contributed by atoms with E-state index in [1.165, 1.54) is 7.11 Å². The lowest BCUT2D eigenvalue weighted by Crippen LogP contribution is -2.50. The lowest BCUT2D eigenvalue weighted by atomic mass is 9.87. The molecule has 218 valence electrons. The molecule has 0 saturated heterocycles. The van der Waals surface area contributed by atoms with Gasteiger partial charge in [-0.05, 0) is 68.2 Å². The van der Waals surface area contributed by atoms with E-state index >= 15 is 0 Å². The highest BCUT2D eigenvalue weighted by Gasteiger charge is 2.48. The Balaban J connectivity index is 1.77. The van der Waals surface area contributed by atoms with Crippen molar-refractivity contribution in [3.8, 4) is 22.5 Å². The minimum atomic E-state index is -1.11. The Labute approximate surface area is 246 Å². The number of nitrogens with zero attached hydrogens (tertiary/aromatic N) is 6. The van der Waals surface area contributed by atoms with Crippen molar-refractivity contribution in [2.75, 3.05) is 27.7 Å². The van der Waals surface area contributed by atoms with Gasteiger partial charge in [0.2, 0.25) is 5.82 Å². The smallest absolute Gasteiger partial charge is 0.332 e. The maximum Gasteiger partial charge on any atom is 0.332 e. The molecule has 4 rings (SSSR count). The maximum absolute atomic E-state index is 13.6. The molecule has 0 radical (unpaired) electrons. The van der Waals surface area contributed by atoms with Crippen molar-refractivity contribution in [3.05, 3.63) is 70.8 Å². The first-order chi connectivity index (χ1) is 19.9. The summed E-state index contributed by atoms with van der Waals surface area (Å²) >= 11 is 6.90. The Hall–Kier alpha value is -3.60. The van der Waals surface area contributed by atoms with Gasteiger partial charge in [0.1, 0.15) is 5.82 Å². The van der Waals surface area contributed by atoms with Crippen LogP contribution in [0.1, 0.15) is 56.1 Å². The molecule has 2 aromatic carbocycles. The van der Waals surface area contributed by atoms with Crippen LogP contribution in [0, 0.1) is 0 Å². The molecule has 0 bridgehead atoms. The van der Waals surface area contributed by atoms with Crippen LogP contribution in [0.2, 0.25) is 5.15 Å². The summed E-state index contributed by atoms with van der Waals surface area (Å²) in [5.74, 6) is 1.03. The van der Waals surface area contributed by atoms with Crippen LogP contribution < -0.4 is 5.73 Å². The third-order valence-electron chi connectivity index (χ3n) is 7.55. The van der Waals surface area contributed by atoms with Gasteiger partial charge in [-0.3, -0.25) is 4.90 Å². The monoisotopic (exact) mass is 578 g/mol. The van der Waals surface area contributed by atoms with Gasteiger partial charge in [-0.25, -0.2) is 9.78 Å². The Morgan fingerprint density at radius 2 is 1.83 bits per heavy atom. The summed E-state index contributed by atoms with van der Waals surface area (Å²) < 4.78 is 7.50. The number of methoxy groups -OCH3 is 1. The molecule has 3 N–H and O–H groups in total. The highest BCUT2D eigenvalue weighted by atomic mass is 35.5. The lowest BCUT2D eigenvalue weighted by Gasteiger charge is -2.38. The van der Waals surface area contributed by atoms with E-state index in [0.29, 0.717) is 36.2 Å². The molecule has 4 aromatic rings. The van der Waals surface area contributed by atoms with E-state index < -0.39 is 5.54 Å². The van der Waals surface area contributed by atoms with Crippen molar-refractivity contribution in [2.45, 2.75) is 57.5 Å². The zero-order chi connectivity index (χ0) is 29.4. The molecular weight excluding hydrogens is 540 g/mol. The summed E-state index contributed by atoms with van der Waals surface area (Å²) in [5.41, 5.74) is 9.34. The number of carbonyl (C=O) groups excluding carboxylic acids is 1. The second-order valence-electron chi connectivity index (χ2n) is 10.3. The summed E-state index contributed by atoms with van der Waals surface area (Å²) in [7, 11) is 5.19. The number of hydrogen-bond acceptors (Lipinski definition) is 8. The van der Waals surface area contributed by atoms with Gasteiger partial charge >= 0.3 is 5.97 Å². The highest BCUT2D eigenvalue weighted by molar-refractivity contribution is 6.30. The van der Waals surface area contributed by atoms with E-state index in [4.69, 9.17) is 27.1 Å². The Morgan fingerprint density at radius 3 is 2.44 bits per heavy atom. The number of nitrogens with two attached hydrogens (primary N) is 1. The van der Waals surface area contributed by atoms with Gasteiger partial charge in [0.25, 0.3) is 0 Å². The Bertz CT molecular complexity index is 1420. The zero-order valence-corrected chi connectivity index (χ0v) is 25.0. The number of carbonyl (C=O) groups is 1. The lowest BCUT2D eigenvalue weighted by molar-refractivity contribution is -0.155. The van der Waals surface area contributed by atoms with Gasteiger partial charge in [-0.15, -0.1) is 10.2 Å². The van der Waals surface area contributed by atoms with E-state index in [-0.39, 0.29) is 5.97 Å². The number of ether oxygens (including phenoxy) is 1. The SMILES string of the molecule is CCCCc1nc(Cl)c([C@@](CCCCN)(C(=O)OC)N(C)C)n1Cc1ccc(-c2ccccc2-c2nn[nH]n2)cc1. The number of halogens is 1. The molecule has 0 aliphatic rings.